The highest BCUT2D eigenvalue weighted by Crippen LogP contribution is 2.25. The Bertz CT molecular complexity index is 1250. The molecule has 0 unspecified atom stereocenters. The second-order valence-electron chi connectivity index (χ2n) is 7.08. The Labute approximate surface area is 185 Å². The number of methoxy groups -OCH3 is 1. The van der Waals surface area contributed by atoms with Gasteiger partial charge in [0.25, 0.3) is 5.91 Å². The van der Waals surface area contributed by atoms with Crippen LogP contribution in [0.4, 0.5) is 5.69 Å². The average Bonchev–Trinajstić information content (AvgIpc) is 3.23. The van der Waals surface area contributed by atoms with Crippen molar-refractivity contribution in [3.05, 3.63) is 88.7 Å². The van der Waals surface area contributed by atoms with E-state index < -0.39 is 0 Å². The molecule has 0 aliphatic heterocycles. The summed E-state index contributed by atoms with van der Waals surface area (Å²) in [6, 6.07) is 20.4. The van der Waals surface area contributed by atoms with Gasteiger partial charge in [0.15, 0.2) is 5.82 Å². The lowest BCUT2D eigenvalue weighted by Crippen LogP contribution is -2.15. The number of benzene rings is 3. The van der Waals surface area contributed by atoms with Crippen LogP contribution in [0.3, 0.4) is 0 Å². The average molecular weight is 433 g/mol. The van der Waals surface area contributed by atoms with Crippen LogP contribution in [0.25, 0.3) is 17.1 Å². The third-order valence-electron chi connectivity index (χ3n) is 5.06. The van der Waals surface area contributed by atoms with Gasteiger partial charge in [0, 0.05) is 16.3 Å². The molecule has 31 heavy (non-hydrogen) atoms. The molecule has 4 rings (SSSR count). The van der Waals surface area contributed by atoms with E-state index in [-0.39, 0.29) is 11.7 Å². The predicted octanol–water partition coefficient (Wildman–Crippen LogP) is 5.47. The van der Waals surface area contributed by atoms with Crippen LogP contribution in [0.15, 0.2) is 66.7 Å². The molecule has 0 aliphatic carbocycles. The van der Waals surface area contributed by atoms with E-state index in [4.69, 9.17) is 16.3 Å². The first kappa shape index (κ1) is 20.6. The van der Waals surface area contributed by atoms with Crippen molar-refractivity contribution in [1.82, 2.24) is 14.8 Å². The van der Waals surface area contributed by atoms with Crippen LogP contribution in [-0.2, 0) is 0 Å². The van der Waals surface area contributed by atoms with Crippen LogP contribution in [0, 0.1) is 13.8 Å². The number of amides is 1. The van der Waals surface area contributed by atoms with E-state index >= 15 is 0 Å². The molecule has 0 fully saturated rings. The monoisotopic (exact) mass is 432 g/mol. The van der Waals surface area contributed by atoms with Crippen LogP contribution in [0.1, 0.15) is 21.7 Å². The molecule has 0 aliphatic rings. The van der Waals surface area contributed by atoms with Crippen molar-refractivity contribution in [2.75, 3.05) is 12.4 Å². The summed E-state index contributed by atoms with van der Waals surface area (Å²) < 4.78 is 6.86. The van der Waals surface area contributed by atoms with E-state index in [9.17, 15) is 4.79 Å². The first-order chi connectivity index (χ1) is 15.0. The van der Waals surface area contributed by atoms with Crippen molar-refractivity contribution < 1.29 is 9.53 Å². The van der Waals surface area contributed by atoms with Crippen molar-refractivity contribution in [1.29, 1.82) is 0 Å². The number of ether oxygens (including phenoxy) is 1. The largest absolute Gasteiger partial charge is 0.497 e. The number of halogens is 1. The van der Waals surface area contributed by atoms with Gasteiger partial charge in [0.2, 0.25) is 5.82 Å². The van der Waals surface area contributed by atoms with Gasteiger partial charge in [-0.2, -0.15) is 0 Å². The van der Waals surface area contributed by atoms with Gasteiger partial charge in [0.05, 0.1) is 12.8 Å². The van der Waals surface area contributed by atoms with Crippen LogP contribution in [0.5, 0.6) is 5.75 Å². The number of carbonyl (C=O) groups is 1. The minimum Gasteiger partial charge on any atom is -0.497 e. The smallest absolute Gasteiger partial charge is 0.295 e. The third kappa shape index (κ3) is 4.29. The van der Waals surface area contributed by atoms with Crippen LogP contribution in [0.2, 0.25) is 5.02 Å². The number of rotatable bonds is 5. The van der Waals surface area contributed by atoms with Crippen molar-refractivity contribution in [3.63, 3.8) is 0 Å². The third-order valence-corrected chi connectivity index (χ3v) is 5.30. The lowest BCUT2D eigenvalue weighted by Gasteiger charge is -2.08. The minimum atomic E-state index is -0.385. The maximum Gasteiger partial charge on any atom is 0.295 e. The van der Waals surface area contributed by atoms with E-state index in [1.807, 2.05) is 68.4 Å². The molecular weight excluding hydrogens is 412 g/mol. The summed E-state index contributed by atoms with van der Waals surface area (Å²) in [7, 11) is 1.61. The Morgan fingerprint density at radius 3 is 2.48 bits per heavy atom. The van der Waals surface area contributed by atoms with Gasteiger partial charge in [-0.05, 0) is 73.5 Å². The maximum absolute atomic E-state index is 13.0. The normalized spacial score (nSPS) is 10.7. The number of nitrogens with one attached hydrogen (secondary N) is 1. The summed E-state index contributed by atoms with van der Waals surface area (Å²) in [5.74, 6) is 0.928. The van der Waals surface area contributed by atoms with Gasteiger partial charge in [-0.3, -0.25) is 4.79 Å². The highest BCUT2D eigenvalue weighted by atomic mass is 35.5. The molecule has 3 aromatic carbocycles. The Morgan fingerprint density at radius 2 is 1.77 bits per heavy atom. The quantitative estimate of drug-likeness (QED) is 0.454. The van der Waals surface area contributed by atoms with E-state index in [0.717, 1.165) is 28.1 Å². The Morgan fingerprint density at radius 1 is 1.03 bits per heavy atom. The molecule has 0 bridgehead atoms. The second-order valence-corrected chi connectivity index (χ2v) is 7.52. The first-order valence-corrected chi connectivity index (χ1v) is 10.1. The van der Waals surface area contributed by atoms with Gasteiger partial charge in [-0.1, -0.05) is 29.8 Å². The van der Waals surface area contributed by atoms with Crippen molar-refractivity contribution in [2.24, 2.45) is 0 Å². The Kier molecular flexibility index (Phi) is 5.73. The molecule has 7 heteroatoms. The summed E-state index contributed by atoms with van der Waals surface area (Å²) >= 11 is 6.18. The molecule has 0 saturated carbocycles. The van der Waals surface area contributed by atoms with Crippen LogP contribution >= 0.6 is 11.6 Å². The Hall–Kier alpha value is -3.64. The number of aryl methyl sites for hydroxylation is 1. The van der Waals surface area contributed by atoms with E-state index in [1.54, 1.807) is 23.9 Å². The number of aromatic nitrogens is 3. The lowest BCUT2D eigenvalue weighted by atomic mass is 10.1. The zero-order chi connectivity index (χ0) is 22.0. The molecule has 156 valence electrons. The fraction of sp³-hybridized carbons (Fsp3) is 0.125. The zero-order valence-corrected chi connectivity index (χ0v) is 18.1. The van der Waals surface area contributed by atoms with Crippen molar-refractivity contribution in [3.8, 4) is 22.8 Å². The highest BCUT2D eigenvalue weighted by Gasteiger charge is 2.20. The molecule has 1 aromatic heterocycles. The van der Waals surface area contributed by atoms with Gasteiger partial charge < -0.3 is 10.1 Å². The number of anilines is 1. The fourth-order valence-electron chi connectivity index (χ4n) is 3.19. The van der Waals surface area contributed by atoms with E-state index in [2.05, 4.69) is 15.4 Å². The standard InChI is InChI=1S/C24H21ClN4O2/c1-15-6-4-9-21(16(15)2)26-24(30)22-27-23(17-10-12-20(31-3)13-11-17)29(28-22)19-8-5-7-18(25)14-19/h4-14H,1-3H3,(H,26,30). The molecule has 1 amide bonds. The summed E-state index contributed by atoms with van der Waals surface area (Å²) in [5.41, 5.74) is 4.32. The second kappa shape index (κ2) is 8.62. The van der Waals surface area contributed by atoms with Gasteiger partial charge in [-0.15, -0.1) is 5.10 Å². The summed E-state index contributed by atoms with van der Waals surface area (Å²) in [5, 5.41) is 7.97. The van der Waals surface area contributed by atoms with Gasteiger partial charge in [0.1, 0.15) is 5.75 Å². The number of carbonyl (C=O) groups excluding carboxylic acids is 1. The predicted molar refractivity (Wildman–Crippen MR) is 122 cm³/mol. The SMILES string of the molecule is COc1ccc(-c2nc(C(=O)Nc3cccc(C)c3C)nn2-c2cccc(Cl)c2)cc1. The highest BCUT2D eigenvalue weighted by molar-refractivity contribution is 6.30. The summed E-state index contributed by atoms with van der Waals surface area (Å²) in [6.07, 6.45) is 0. The van der Waals surface area contributed by atoms with Crippen LogP contribution in [-0.4, -0.2) is 27.8 Å². The summed E-state index contributed by atoms with van der Waals surface area (Å²) in [4.78, 5) is 17.5. The minimum absolute atomic E-state index is 0.0618. The molecule has 1 N–H and O–H groups in total. The molecular formula is C24H21ClN4O2. The number of hydrogen-bond donors (Lipinski definition) is 1. The van der Waals surface area contributed by atoms with Gasteiger partial charge in [-0.25, -0.2) is 9.67 Å². The van der Waals surface area contributed by atoms with E-state index in [0.29, 0.717) is 16.5 Å². The lowest BCUT2D eigenvalue weighted by molar-refractivity contribution is 0.101. The molecule has 4 aromatic rings. The maximum atomic E-state index is 13.0. The fourth-order valence-corrected chi connectivity index (χ4v) is 3.37. The molecule has 6 nitrogen and oxygen atoms in total. The molecule has 0 spiro atoms. The van der Waals surface area contributed by atoms with E-state index in [1.165, 1.54) is 0 Å². The first-order valence-electron chi connectivity index (χ1n) is 9.71. The Balaban J connectivity index is 1.77. The molecule has 0 radical (unpaired) electrons. The summed E-state index contributed by atoms with van der Waals surface area (Å²) in [6.45, 7) is 3.96. The number of nitrogens with zero attached hydrogens (tertiary/aromatic N) is 3. The van der Waals surface area contributed by atoms with Gasteiger partial charge >= 0.3 is 0 Å². The topological polar surface area (TPSA) is 69.0 Å². The van der Waals surface area contributed by atoms with Crippen molar-refractivity contribution in [2.45, 2.75) is 13.8 Å². The molecule has 0 saturated heterocycles. The van der Waals surface area contributed by atoms with Crippen molar-refractivity contribution >= 4 is 23.2 Å². The molecule has 1 heterocycles. The van der Waals surface area contributed by atoms with Crippen LogP contribution < -0.4 is 10.1 Å². The number of hydrogen-bond acceptors (Lipinski definition) is 4. The zero-order valence-electron chi connectivity index (χ0n) is 17.4. The molecule has 0 atom stereocenters.